The van der Waals surface area contributed by atoms with E-state index in [0.29, 0.717) is 12.2 Å². The van der Waals surface area contributed by atoms with Crippen molar-refractivity contribution in [2.75, 3.05) is 32.2 Å². The van der Waals surface area contributed by atoms with Crippen LogP contribution in [0.5, 0.6) is 0 Å². The summed E-state index contributed by atoms with van der Waals surface area (Å²) in [4.78, 5) is 2.08. The van der Waals surface area contributed by atoms with Crippen LogP contribution in [0.3, 0.4) is 0 Å². The number of methoxy groups -OCH3 is 1. The van der Waals surface area contributed by atoms with E-state index in [1.807, 2.05) is 19.2 Å². The third kappa shape index (κ3) is 4.23. The SMILES string of the molecule is CCNCc1ccc(N(C)C(C)COC)c(C#N)c1. The van der Waals surface area contributed by atoms with E-state index in [1.165, 1.54) is 0 Å². The molecule has 0 heterocycles. The maximum absolute atomic E-state index is 9.30. The number of ether oxygens (including phenoxy) is 1. The van der Waals surface area contributed by atoms with Gasteiger partial charge in [0.2, 0.25) is 0 Å². The predicted molar refractivity (Wildman–Crippen MR) is 78.3 cm³/mol. The van der Waals surface area contributed by atoms with Gasteiger partial charge in [0.25, 0.3) is 0 Å². The van der Waals surface area contributed by atoms with Gasteiger partial charge in [-0.05, 0) is 31.2 Å². The normalized spacial score (nSPS) is 11.9. The topological polar surface area (TPSA) is 48.3 Å². The largest absolute Gasteiger partial charge is 0.383 e. The average molecular weight is 261 g/mol. The second-order valence-electron chi connectivity index (χ2n) is 4.66. The number of nitriles is 1. The molecule has 0 spiro atoms. The number of anilines is 1. The number of rotatable bonds is 7. The molecule has 1 rings (SSSR count). The third-order valence-electron chi connectivity index (χ3n) is 3.21. The van der Waals surface area contributed by atoms with E-state index < -0.39 is 0 Å². The standard InChI is InChI=1S/C15H23N3O/c1-5-17-10-13-6-7-15(14(8-13)9-16)18(3)12(2)11-19-4/h6-8,12,17H,5,10-11H2,1-4H3. The molecule has 0 aliphatic heterocycles. The Bertz CT molecular complexity index is 440. The van der Waals surface area contributed by atoms with Crippen molar-refractivity contribution in [3.05, 3.63) is 29.3 Å². The minimum atomic E-state index is 0.233. The summed E-state index contributed by atoms with van der Waals surface area (Å²) < 4.78 is 5.16. The van der Waals surface area contributed by atoms with Crippen molar-refractivity contribution in [2.24, 2.45) is 0 Å². The van der Waals surface area contributed by atoms with Crippen molar-refractivity contribution in [1.29, 1.82) is 5.26 Å². The molecule has 19 heavy (non-hydrogen) atoms. The quantitative estimate of drug-likeness (QED) is 0.817. The maximum atomic E-state index is 9.30. The van der Waals surface area contributed by atoms with Gasteiger partial charge >= 0.3 is 0 Å². The Morgan fingerprint density at radius 3 is 2.79 bits per heavy atom. The lowest BCUT2D eigenvalue weighted by Crippen LogP contribution is -2.33. The van der Waals surface area contributed by atoms with Crippen LogP contribution < -0.4 is 10.2 Å². The Labute approximate surface area is 116 Å². The van der Waals surface area contributed by atoms with Gasteiger partial charge < -0.3 is 15.0 Å². The molecule has 4 nitrogen and oxygen atoms in total. The summed E-state index contributed by atoms with van der Waals surface area (Å²) in [5.41, 5.74) is 2.79. The van der Waals surface area contributed by atoms with Crippen LogP contribution in [0.2, 0.25) is 0 Å². The van der Waals surface area contributed by atoms with Crippen LogP contribution in [0.15, 0.2) is 18.2 Å². The van der Waals surface area contributed by atoms with Gasteiger partial charge in [0.15, 0.2) is 0 Å². The van der Waals surface area contributed by atoms with E-state index in [9.17, 15) is 5.26 Å². The number of nitrogens with zero attached hydrogens (tertiary/aromatic N) is 2. The highest BCUT2D eigenvalue weighted by atomic mass is 16.5. The maximum Gasteiger partial charge on any atom is 0.101 e. The Morgan fingerprint density at radius 2 is 2.21 bits per heavy atom. The molecule has 1 aromatic rings. The first-order chi connectivity index (χ1) is 9.13. The summed E-state index contributed by atoms with van der Waals surface area (Å²) in [5, 5.41) is 12.6. The van der Waals surface area contributed by atoms with E-state index in [1.54, 1.807) is 7.11 Å². The first-order valence-corrected chi connectivity index (χ1v) is 6.59. The molecule has 0 radical (unpaired) electrons. The molecule has 1 aromatic carbocycles. The number of nitrogens with one attached hydrogen (secondary N) is 1. The average Bonchev–Trinajstić information content (AvgIpc) is 2.44. The lowest BCUT2D eigenvalue weighted by Gasteiger charge is -2.27. The minimum absolute atomic E-state index is 0.233. The molecule has 1 atom stereocenters. The smallest absolute Gasteiger partial charge is 0.101 e. The van der Waals surface area contributed by atoms with E-state index >= 15 is 0 Å². The fraction of sp³-hybridized carbons (Fsp3) is 0.533. The van der Waals surface area contributed by atoms with Crippen LogP contribution in [0, 0.1) is 11.3 Å². The highest BCUT2D eigenvalue weighted by molar-refractivity contribution is 5.60. The molecule has 0 saturated heterocycles. The lowest BCUT2D eigenvalue weighted by molar-refractivity contribution is 0.183. The van der Waals surface area contributed by atoms with Crippen molar-refractivity contribution < 1.29 is 4.74 Å². The molecule has 4 heteroatoms. The number of likely N-dealkylation sites (N-methyl/N-ethyl adjacent to an activating group) is 1. The third-order valence-corrected chi connectivity index (χ3v) is 3.21. The summed E-state index contributed by atoms with van der Waals surface area (Å²) in [5.74, 6) is 0. The molecule has 0 aliphatic carbocycles. The molecule has 1 unspecified atom stereocenters. The molecule has 104 valence electrons. The fourth-order valence-corrected chi connectivity index (χ4v) is 1.95. The van der Waals surface area contributed by atoms with Gasteiger partial charge in [-0.3, -0.25) is 0 Å². The second kappa shape index (κ2) is 7.78. The van der Waals surface area contributed by atoms with Gasteiger partial charge in [-0.2, -0.15) is 5.26 Å². The number of hydrogen-bond donors (Lipinski definition) is 1. The summed E-state index contributed by atoms with van der Waals surface area (Å²) in [6.45, 7) is 6.51. The van der Waals surface area contributed by atoms with Gasteiger partial charge in [-0.25, -0.2) is 0 Å². The van der Waals surface area contributed by atoms with Gasteiger partial charge in [0, 0.05) is 26.7 Å². The Kier molecular flexibility index (Phi) is 6.34. The minimum Gasteiger partial charge on any atom is -0.383 e. The summed E-state index contributed by atoms with van der Waals surface area (Å²) in [6.07, 6.45) is 0. The molecule has 0 aliphatic rings. The van der Waals surface area contributed by atoms with Gasteiger partial charge in [-0.1, -0.05) is 13.0 Å². The summed E-state index contributed by atoms with van der Waals surface area (Å²) in [6, 6.07) is 8.54. The van der Waals surface area contributed by atoms with Crippen LogP contribution in [0.25, 0.3) is 0 Å². The number of benzene rings is 1. The highest BCUT2D eigenvalue weighted by Crippen LogP contribution is 2.22. The van der Waals surface area contributed by atoms with Gasteiger partial charge in [0.1, 0.15) is 6.07 Å². The second-order valence-corrected chi connectivity index (χ2v) is 4.66. The molecule has 0 aromatic heterocycles. The zero-order valence-corrected chi connectivity index (χ0v) is 12.2. The van der Waals surface area contributed by atoms with E-state index in [2.05, 4.69) is 36.2 Å². The van der Waals surface area contributed by atoms with E-state index in [0.717, 1.165) is 24.3 Å². The van der Waals surface area contributed by atoms with Crippen LogP contribution >= 0.6 is 0 Å². The zero-order valence-electron chi connectivity index (χ0n) is 12.2. The number of hydrogen-bond acceptors (Lipinski definition) is 4. The van der Waals surface area contributed by atoms with Crippen molar-refractivity contribution >= 4 is 5.69 Å². The van der Waals surface area contributed by atoms with Crippen molar-refractivity contribution in [3.8, 4) is 6.07 Å². The Morgan fingerprint density at radius 1 is 1.47 bits per heavy atom. The molecule has 0 fully saturated rings. The Balaban J connectivity index is 2.92. The molecule has 0 saturated carbocycles. The summed E-state index contributed by atoms with van der Waals surface area (Å²) >= 11 is 0. The fourth-order valence-electron chi connectivity index (χ4n) is 1.95. The van der Waals surface area contributed by atoms with E-state index in [-0.39, 0.29) is 6.04 Å². The molecule has 1 N–H and O–H groups in total. The van der Waals surface area contributed by atoms with Gasteiger partial charge in [-0.15, -0.1) is 0 Å². The molecule has 0 amide bonds. The molecular weight excluding hydrogens is 238 g/mol. The van der Waals surface area contributed by atoms with Crippen LogP contribution in [0.4, 0.5) is 5.69 Å². The lowest BCUT2D eigenvalue weighted by atomic mass is 10.1. The first kappa shape index (κ1) is 15.5. The Hall–Kier alpha value is -1.57. The predicted octanol–water partition coefficient (Wildman–Crippen LogP) is 2.14. The zero-order chi connectivity index (χ0) is 14.3. The van der Waals surface area contributed by atoms with E-state index in [4.69, 9.17) is 4.74 Å². The van der Waals surface area contributed by atoms with Crippen molar-refractivity contribution in [3.63, 3.8) is 0 Å². The van der Waals surface area contributed by atoms with Crippen LogP contribution in [-0.4, -0.2) is 33.4 Å². The molecule has 0 bridgehead atoms. The first-order valence-electron chi connectivity index (χ1n) is 6.59. The van der Waals surface area contributed by atoms with Crippen LogP contribution in [0.1, 0.15) is 25.0 Å². The summed E-state index contributed by atoms with van der Waals surface area (Å²) in [7, 11) is 3.68. The van der Waals surface area contributed by atoms with Crippen molar-refractivity contribution in [1.82, 2.24) is 5.32 Å². The molecular formula is C15H23N3O. The van der Waals surface area contributed by atoms with Gasteiger partial charge in [0.05, 0.1) is 17.9 Å². The monoisotopic (exact) mass is 261 g/mol. The van der Waals surface area contributed by atoms with Crippen molar-refractivity contribution in [2.45, 2.75) is 26.4 Å². The van der Waals surface area contributed by atoms with Crippen LogP contribution in [-0.2, 0) is 11.3 Å². The highest BCUT2D eigenvalue weighted by Gasteiger charge is 2.13.